The van der Waals surface area contributed by atoms with Crippen LogP contribution in [0.4, 0.5) is 4.79 Å². The van der Waals surface area contributed by atoms with Gasteiger partial charge in [0.05, 0.1) is 19.6 Å². The number of carbonyl (C=O) groups excluding carboxylic acids is 1. The topological polar surface area (TPSA) is 88.1 Å². The van der Waals surface area contributed by atoms with E-state index < -0.39 is 11.9 Å². The fraction of sp³-hybridized carbons (Fsp3) is 0.556. The monoisotopic (exact) mass is 352 g/mol. The Morgan fingerprint density at radius 1 is 1.32 bits per heavy atom. The molecule has 1 aromatic rings. The number of carbonyl (C=O) groups is 2. The molecule has 0 fully saturated rings. The Morgan fingerprint density at radius 3 is 2.64 bits per heavy atom. The number of methoxy groups -OCH3 is 1. The van der Waals surface area contributed by atoms with Gasteiger partial charge >= 0.3 is 12.0 Å². The van der Waals surface area contributed by atoms with E-state index in [0.717, 1.165) is 18.4 Å². The summed E-state index contributed by atoms with van der Waals surface area (Å²) in [6.07, 6.45) is 1.56. The second kappa shape index (κ2) is 10.4. The number of hydrogen-bond acceptors (Lipinski definition) is 4. The van der Waals surface area contributed by atoms with E-state index in [2.05, 4.69) is 5.32 Å². The number of rotatable bonds is 10. The van der Waals surface area contributed by atoms with Gasteiger partial charge in [0.15, 0.2) is 11.5 Å². The van der Waals surface area contributed by atoms with Gasteiger partial charge in [-0.15, -0.1) is 0 Å². The quantitative estimate of drug-likeness (QED) is 0.631. The molecule has 7 nitrogen and oxygen atoms in total. The summed E-state index contributed by atoms with van der Waals surface area (Å²) in [7, 11) is 3.20. The van der Waals surface area contributed by atoms with Crippen LogP contribution in [0.2, 0.25) is 0 Å². The third kappa shape index (κ3) is 6.91. The second-order valence-electron chi connectivity index (χ2n) is 5.87. The summed E-state index contributed by atoms with van der Waals surface area (Å²) >= 11 is 0. The molecule has 7 heteroatoms. The highest BCUT2D eigenvalue weighted by atomic mass is 16.5. The highest BCUT2D eigenvalue weighted by Gasteiger charge is 2.16. The van der Waals surface area contributed by atoms with E-state index in [1.54, 1.807) is 21.1 Å². The number of nitrogens with zero attached hydrogens (tertiary/aromatic N) is 1. The number of aryl methyl sites for hydroxylation is 1. The Kier molecular flexibility index (Phi) is 8.60. The van der Waals surface area contributed by atoms with Gasteiger partial charge in [-0.3, -0.25) is 4.79 Å². The Labute approximate surface area is 148 Å². The predicted octanol–water partition coefficient (Wildman–Crippen LogP) is 2.39. The zero-order valence-corrected chi connectivity index (χ0v) is 15.4. The number of hydrogen-bond donors (Lipinski definition) is 2. The Bertz CT molecular complexity index is 577. The van der Waals surface area contributed by atoms with E-state index in [0.29, 0.717) is 24.7 Å². The van der Waals surface area contributed by atoms with E-state index in [1.165, 1.54) is 4.90 Å². The Morgan fingerprint density at radius 2 is 2.04 bits per heavy atom. The van der Waals surface area contributed by atoms with E-state index >= 15 is 0 Å². The minimum atomic E-state index is -0.913. The molecular formula is C18H28N2O5. The van der Waals surface area contributed by atoms with Crippen LogP contribution in [0.25, 0.3) is 0 Å². The van der Waals surface area contributed by atoms with Crippen molar-refractivity contribution in [1.29, 1.82) is 0 Å². The Balaban J connectivity index is 2.41. The predicted molar refractivity (Wildman–Crippen MR) is 95.3 cm³/mol. The average molecular weight is 352 g/mol. The molecule has 140 valence electrons. The highest BCUT2D eigenvalue weighted by molar-refractivity contribution is 5.75. The number of aliphatic carboxylic acids is 1. The van der Waals surface area contributed by atoms with Gasteiger partial charge in [0.1, 0.15) is 0 Å². The molecule has 1 unspecified atom stereocenters. The number of amides is 2. The summed E-state index contributed by atoms with van der Waals surface area (Å²) in [4.78, 5) is 24.1. The highest BCUT2D eigenvalue weighted by Crippen LogP contribution is 2.28. The Hall–Kier alpha value is -2.44. The maximum atomic E-state index is 11.9. The average Bonchev–Trinajstić information content (AvgIpc) is 2.58. The van der Waals surface area contributed by atoms with Crippen molar-refractivity contribution >= 4 is 12.0 Å². The van der Waals surface area contributed by atoms with Crippen molar-refractivity contribution in [1.82, 2.24) is 10.2 Å². The number of ether oxygens (including phenoxy) is 2. The molecule has 0 aromatic heterocycles. The van der Waals surface area contributed by atoms with Crippen molar-refractivity contribution in [2.45, 2.75) is 26.7 Å². The lowest BCUT2D eigenvalue weighted by Crippen LogP contribution is -2.41. The lowest BCUT2D eigenvalue weighted by molar-refractivity contribution is -0.141. The first-order chi connectivity index (χ1) is 11.9. The fourth-order valence-corrected chi connectivity index (χ4v) is 2.34. The molecule has 2 N–H and O–H groups in total. The molecule has 1 atom stereocenters. The van der Waals surface area contributed by atoms with Gasteiger partial charge in [0.2, 0.25) is 0 Å². The van der Waals surface area contributed by atoms with Crippen molar-refractivity contribution in [3.05, 3.63) is 23.8 Å². The molecule has 0 aliphatic rings. The van der Waals surface area contributed by atoms with Crippen LogP contribution >= 0.6 is 0 Å². The van der Waals surface area contributed by atoms with Gasteiger partial charge in [-0.1, -0.05) is 13.0 Å². The van der Waals surface area contributed by atoms with Crippen LogP contribution in [0.15, 0.2) is 18.2 Å². The molecule has 0 aliphatic carbocycles. The first kappa shape index (κ1) is 20.6. The smallest absolute Gasteiger partial charge is 0.317 e. The maximum Gasteiger partial charge on any atom is 0.317 e. The molecule has 0 aliphatic heterocycles. The van der Waals surface area contributed by atoms with Crippen LogP contribution in [0.1, 0.15) is 25.8 Å². The van der Waals surface area contributed by atoms with Crippen LogP contribution in [0.3, 0.4) is 0 Å². The molecule has 2 amide bonds. The first-order valence-electron chi connectivity index (χ1n) is 8.40. The summed E-state index contributed by atoms with van der Waals surface area (Å²) < 4.78 is 10.8. The summed E-state index contributed by atoms with van der Waals surface area (Å²) in [5.74, 6) is -0.0849. The standard InChI is InChI=1S/C18H28N2O5/c1-5-25-16-11-14(8-9-15(16)24-4)7-6-10-19-18(23)20(3)12-13(2)17(21)22/h8-9,11,13H,5-7,10,12H2,1-4H3,(H,19,23)(H,21,22). The zero-order valence-electron chi connectivity index (χ0n) is 15.4. The second-order valence-corrected chi connectivity index (χ2v) is 5.87. The molecule has 1 aromatic carbocycles. The third-order valence-corrected chi connectivity index (χ3v) is 3.76. The lowest BCUT2D eigenvalue weighted by atomic mass is 10.1. The summed E-state index contributed by atoms with van der Waals surface area (Å²) in [5.41, 5.74) is 1.10. The summed E-state index contributed by atoms with van der Waals surface area (Å²) in [5, 5.41) is 11.7. The van der Waals surface area contributed by atoms with Gasteiger partial charge < -0.3 is 24.8 Å². The zero-order chi connectivity index (χ0) is 18.8. The number of carboxylic acids is 1. The van der Waals surface area contributed by atoms with Crippen molar-refractivity contribution < 1.29 is 24.2 Å². The van der Waals surface area contributed by atoms with Gasteiger partial charge in [0.25, 0.3) is 0 Å². The first-order valence-corrected chi connectivity index (χ1v) is 8.40. The fourth-order valence-electron chi connectivity index (χ4n) is 2.34. The van der Waals surface area contributed by atoms with Crippen molar-refractivity contribution in [3.8, 4) is 11.5 Å². The minimum absolute atomic E-state index is 0.178. The van der Waals surface area contributed by atoms with E-state index in [9.17, 15) is 9.59 Å². The van der Waals surface area contributed by atoms with Crippen LogP contribution in [-0.4, -0.2) is 55.9 Å². The summed E-state index contributed by atoms with van der Waals surface area (Å²) in [6.45, 7) is 4.75. The SMILES string of the molecule is CCOc1cc(CCCNC(=O)N(C)CC(C)C(=O)O)ccc1OC. The van der Waals surface area contributed by atoms with E-state index in [1.807, 2.05) is 25.1 Å². The number of urea groups is 1. The van der Waals surface area contributed by atoms with Crippen LogP contribution in [0.5, 0.6) is 11.5 Å². The van der Waals surface area contributed by atoms with E-state index in [-0.39, 0.29) is 12.6 Å². The van der Waals surface area contributed by atoms with Gasteiger partial charge in [-0.2, -0.15) is 0 Å². The lowest BCUT2D eigenvalue weighted by Gasteiger charge is -2.20. The van der Waals surface area contributed by atoms with Crippen molar-refractivity contribution in [3.63, 3.8) is 0 Å². The van der Waals surface area contributed by atoms with Crippen LogP contribution < -0.4 is 14.8 Å². The molecule has 0 spiro atoms. The van der Waals surface area contributed by atoms with Gasteiger partial charge in [-0.25, -0.2) is 4.79 Å². The van der Waals surface area contributed by atoms with Crippen molar-refractivity contribution in [2.24, 2.45) is 5.92 Å². The molecule has 0 heterocycles. The van der Waals surface area contributed by atoms with E-state index in [4.69, 9.17) is 14.6 Å². The molecule has 25 heavy (non-hydrogen) atoms. The summed E-state index contributed by atoms with van der Waals surface area (Å²) in [6, 6.07) is 5.53. The van der Waals surface area contributed by atoms with Crippen molar-refractivity contribution in [2.75, 3.05) is 33.9 Å². The normalized spacial score (nSPS) is 11.5. The largest absolute Gasteiger partial charge is 0.493 e. The number of nitrogens with one attached hydrogen (secondary N) is 1. The number of carboxylic acid groups (broad SMARTS) is 1. The van der Waals surface area contributed by atoms with Gasteiger partial charge in [0, 0.05) is 20.1 Å². The third-order valence-electron chi connectivity index (χ3n) is 3.76. The van der Waals surface area contributed by atoms with Gasteiger partial charge in [-0.05, 0) is 37.5 Å². The van der Waals surface area contributed by atoms with Crippen LogP contribution in [0, 0.1) is 5.92 Å². The molecule has 0 radical (unpaired) electrons. The molecule has 0 saturated carbocycles. The molecule has 0 bridgehead atoms. The molecule has 0 saturated heterocycles. The maximum absolute atomic E-state index is 11.9. The van der Waals surface area contributed by atoms with Crippen LogP contribution in [-0.2, 0) is 11.2 Å². The molecule has 1 rings (SSSR count). The minimum Gasteiger partial charge on any atom is -0.493 e. The molecular weight excluding hydrogens is 324 g/mol. The number of benzene rings is 1.